The van der Waals surface area contributed by atoms with Crippen molar-refractivity contribution in [2.24, 2.45) is 0 Å². The summed E-state index contributed by atoms with van der Waals surface area (Å²) in [5.41, 5.74) is 2.24. The van der Waals surface area contributed by atoms with E-state index in [-0.39, 0.29) is 12.5 Å². The Bertz CT molecular complexity index is 853. The summed E-state index contributed by atoms with van der Waals surface area (Å²) < 4.78 is 5.90. The molecule has 2 N–H and O–H groups in total. The topological polar surface area (TPSA) is 75.4 Å². The van der Waals surface area contributed by atoms with Gasteiger partial charge in [-0.15, -0.1) is 0 Å². The van der Waals surface area contributed by atoms with Crippen molar-refractivity contribution in [3.8, 4) is 0 Å². The number of nitrogens with one attached hydrogen (secondary N) is 1. The third-order valence-corrected chi connectivity index (χ3v) is 4.12. The molecule has 130 valence electrons. The van der Waals surface area contributed by atoms with Gasteiger partial charge in [0.05, 0.1) is 5.56 Å². The number of aliphatic hydroxyl groups excluding tert-OH is 1. The average Bonchev–Trinajstić information content (AvgIpc) is 3.00. The van der Waals surface area contributed by atoms with E-state index in [1.807, 2.05) is 30.3 Å². The number of unbranched alkanes of at least 4 members (excludes halogenated alkanes) is 1. The Hall–Kier alpha value is -2.66. The van der Waals surface area contributed by atoms with Gasteiger partial charge in [0.2, 0.25) is 0 Å². The van der Waals surface area contributed by atoms with Gasteiger partial charge in [-0.2, -0.15) is 0 Å². The molecular weight excluding hydrogens is 316 g/mol. The number of hydrogen-bond acceptors (Lipinski definition) is 4. The van der Waals surface area contributed by atoms with E-state index in [1.54, 1.807) is 12.3 Å². The molecule has 0 saturated heterocycles. The lowest BCUT2D eigenvalue weighted by atomic mass is 10.1. The number of pyridine rings is 1. The summed E-state index contributed by atoms with van der Waals surface area (Å²) >= 11 is 0. The normalized spacial score (nSPS) is 11.0. The Morgan fingerprint density at radius 1 is 1.20 bits per heavy atom. The van der Waals surface area contributed by atoms with E-state index in [0.717, 1.165) is 41.6 Å². The second-order valence-corrected chi connectivity index (χ2v) is 5.98. The highest BCUT2D eigenvalue weighted by Gasteiger charge is 2.20. The molecule has 0 aliphatic rings. The summed E-state index contributed by atoms with van der Waals surface area (Å²) in [6.45, 7) is 2.19. The molecular formula is C20H22N2O3. The van der Waals surface area contributed by atoms with E-state index in [2.05, 4.69) is 17.2 Å². The number of fused-ring (bicyclic) bond motifs is 1. The second kappa shape index (κ2) is 7.94. The molecule has 0 aliphatic carbocycles. The molecule has 0 aliphatic heterocycles. The lowest BCUT2D eigenvalue weighted by molar-refractivity contribution is 0.102. The highest BCUT2D eigenvalue weighted by atomic mass is 16.3. The van der Waals surface area contributed by atoms with Crippen molar-refractivity contribution in [1.29, 1.82) is 0 Å². The molecule has 3 rings (SSSR count). The van der Waals surface area contributed by atoms with Crippen LogP contribution in [0, 0.1) is 0 Å². The zero-order valence-corrected chi connectivity index (χ0v) is 14.3. The number of aryl methyl sites for hydroxylation is 1. The molecule has 0 saturated carbocycles. The van der Waals surface area contributed by atoms with Gasteiger partial charge in [0, 0.05) is 24.6 Å². The molecule has 1 aromatic carbocycles. The maximum Gasteiger partial charge on any atom is 0.261 e. The highest BCUT2D eigenvalue weighted by Crippen LogP contribution is 2.28. The summed E-state index contributed by atoms with van der Waals surface area (Å²) in [6.07, 6.45) is 4.95. The van der Waals surface area contributed by atoms with Crippen molar-refractivity contribution in [3.63, 3.8) is 0 Å². The van der Waals surface area contributed by atoms with E-state index < -0.39 is 0 Å². The molecule has 0 unspecified atom stereocenters. The van der Waals surface area contributed by atoms with E-state index in [9.17, 15) is 4.79 Å². The number of furan rings is 1. The Kier molecular flexibility index (Phi) is 5.46. The minimum Gasteiger partial charge on any atom is -0.460 e. The Balaban J connectivity index is 1.87. The molecule has 25 heavy (non-hydrogen) atoms. The van der Waals surface area contributed by atoms with Crippen molar-refractivity contribution in [1.82, 2.24) is 4.98 Å². The Morgan fingerprint density at radius 2 is 2.04 bits per heavy atom. The summed E-state index contributed by atoms with van der Waals surface area (Å²) in [5, 5.41) is 12.6. The van der Waals surface area contributed by atoms with Gasteiger partial charge in [-0.25, -0.2) is 4.98 Å². The summed E-state index contributed by atoms with van der Waals surface area (Å²) in [5.74, 6) is 0.995. The first kappa shape index (κ1) is 17.2. The molecule has 2 aromatic heterocycles. The average molecular weight is 338 g/mol. The number of carbonyl (C=O) groups excluding carboxylic acids is 1. The van der Waals surface area contributed by atoms with Crippen molar-refractivity contribution < 1.29 is 14.3 Å². The molecule has 3 aromatic rings. The van der Waals surface area contributed by atoms with Crippen LogP contribution in [0.3, 0.4) is 0 Å². The van der Waals surface area contributed by atoms with Crippen LogP contribution in [0.5, 0.6) is 0 Å². The van der Waals surface area contributed by atoms with Gasteiger partial charge < -0.3 is 14.8 Å². The Labute approximate surface area is 146 Å². The third-order valence-electron chi connectivity index (χ3n) is 4.12. The number of amides is 1. The molecule has 5 heteroatoms. The van der Waals surface area contributed by atoms with Crippen LogP contribution in [-0.2, 0) is 12.8 Å². The predicted octanol–water partition coefficient (Wildman–Crippen LogP) is 3.96. The van der Waals surface area contributed by atoms with Gasteiger partial charge in [0.15, 0.2) is 0 Å². The van der Waals surface area contributed by atoms with Crippen molar-refractivity contribution in [2.45, 2.75) is 32.6 Å². The number of para-hydroxylation sites is 1. The first-order chi connectivity index (χ1) is 12.2. The largest absolute Gasteiger partial charge is 0.460 e. The monoisotopic (exact) mass is 338 g/mol. The summed E-state index contributed by atoms with van der Waals surface area (Å²) in [7, 11) is 0. The molecule has 0 atom stereocenters. The fourth-order valence-corrected chi connectivity index (χ4v) is 2.81. The summed E-state index contributed by atoms with van der Waals surface area (Å²) in [4.78, 5) is 17.1. The molecule has 0 radical (unpaired) electrons. The molecule has 5 nitrogen and oxygen atoms in total. The number of benzene rings is 1. The fraction of sp³-hybridized carbons (Fsp3) is 0.300. The number of aromatic nitrogens is 1. The number of rotatable bonds is 7. The lowest BCUT2D eigenvalue weighted by Gasteiger charge is -2.06. The van der Waals surface area contributed by atoms with Crippen LogP contribution in [0.2, 0.25) is 0 Å². The highest BCUT2D eigenvalue weighted by molar-refractivity contribution is 6.13. The standard InChI is InChI=1S/C20H22N2O3/c1-2-3-7-17-19(15-6-4-5-8-16(15)25-17)20(24)22-18-10-9-14(11-12-23)13-21-18/h4-6,8-10,13,23H,2-3,7,11-12H2,1H3,(H,21,22,24). The van der Waals surface area contributed by atoms with E-state index in [4.69, 9.17) is 9.52 Å². The van der Waals surface area contributed by atoms with E-state index in [1.165, 1.54) is 0 Å². The lowest BCUT2D eigenvalue weighted by Crippen LogP contribution is -2.14. The van der Waals surface area contributed by atoms with Crippen LogP contribution < -0.4 is 5.32 Å². The molecule has 1 amide bonds. The van der Waals surface area contributed by atoms with E-state index in [0.29, 0.717) is 17.8 Å². The maximum absolute atomic E-state index is 12.8. The molecule has 0 bridgehead atoms. The van der Waals surface area contributed by atoms with Crippen LogP contribution in [0.25, 0.3) is 11.0 Å². The van der Waals surface area contributed by atoms with Crippen LogP contribution in [0.1, 0.15) is 41.4 Å². The van der Waals surface area contributed by atoms with Crippen molar-refractivity contribution >= 4 is 22.7 Å². The van der Waals surface area contributed by atoms with Crippen LogP contribution in [-0.4, -0.2) is 22.6 Å². The minimum atomic E-state index is -0.210. The number of hydrogen-bond donors (Lipinski definition) is 2. The second-order valence-electron chi connectivity index (χ2n) is 5.98. The first-order valence-electron chi connectivity index (χ1n) is 8.60. The van der Waals surface area contributed by atoms with Gasteiger partial charge in [-0.1, -0.05) is 37.6 Å². The SMILES string of the molecule is CCCCc1oc2ccccc2c1C(=O)Nc1ccc(CCO)cn1. The van der Waals surface area contributed by atoms with Crippen LogP contribution in [0.15, 0.2) is 47.0 Å². The van der Waals surface area contributed by atoms with Crippen molar-refractivity contribution in [3.05, 3.63) is 59.5 Å². The van der Waals surface area contributed by atoms with Gasteiger partial charge in [-0.05, 0) is 30.5 Å². The van der Waals surface area contributed by atoms with Crippen LogP contribution in [0.4, 0.5) is 5.82 Å². The minimum absolute atomic E-state index is 0.0786. The van der Waals surface area contributed by atoms with Gasteiger partial charge in [-0.3, -0.25) is 4.79 Å². The van der Waals surface area contributed by atoms with Crippen molar-refractivity contribution in [2.75, 3.05) is 11.9 Å². The van der Waals surface area contributed by atoms with Gasteiger partial charge in [0.25, 0.3) is 5.91 Å². The quantitative estimate of drug-likeness (QED) is 0.684. The van der Waals surface area contributed by atoms with E-state index >= 15 is 0 Å². The van der Waals surface area contributed by atoms with Gasteiger partial charge in [0.1, 0.15) is 17.2 Å². The number of aliphatic hydroxyl groups is 1. The number of anilines is 1. The zero-order valence-electron chi connectivity index (χ0n) is 14.3. The fourth-order valence-electron chi connectivity index (χ4n) is 2.81. The third kappa shape index (κ3) is 3.88. The summed E-state index contributed by atoms with van der Waals surface area (Å²) in [6, 6.07) is 11.2. The van der Waals surface area contributed by atoms with Crippen LogP contribution >= 0.6 is 0 Å². The first-order valence-corrected chi connectivity index (χ1v) is 8.60. The molecule has 0 fully saturated rings. The molecule has 2 heterocycles. The Morgan fingerprint density at radius 3 is 2.76 bits per heavy atom. The van der Waals surface area contributed by atoms with Gasteiger partial charge >= 0.3 is 0 Å². The smallest absolute Gasteiger partial charge is 0.261 e. The zero-order chi connectivity index (χ0) is 17.6. The molecule has 0 spiro atoms. The number of carbonyl (C=O) groups is 1. The number of nitrogens with zero attached hydrogens (tertiary/aromatic N) is 1. The predicted molar refractivity (Wildman–Crippen MR) is 97.8 cm³/mol. The maximum atomic E-state index is 12.8.